The topological polar surface area (TPSA) is 134 Å². The summed E-state index contributed by atoms with van der Waals surface area (Å²) in [5, 5.41) is 22.4. The molecule has 1 heterocycles. The van der Waals surface area contributed by atoms with E-state index in [-0.39, 0.29) is 37.4 Å². The van der Waals surface area contributed by atoms with Gasteiger partial charge in [0.15, 0.2) is 0 Å². The molecule has 0 amide bonds. The maximum absolute atomic E-state index is 8.74. The van der Waals surface area contributed by atoms with Gasteiger partial charge in [0.05, 0.1) is 14.2 Å². The normalized spacial score (nSPS) is 9.56. The van der Waals surface area contributed by atoms with Crippen LogP contribution in [0.25, 0.3) is 0 Å². The van der Waals surface area contributed by atoms with Crippen molar-refractivity contribution < 1.29 is 19.7 Å². The number of aliphatic hydroxyl groups excluding tert-OH is 2. The molecule has 1 aromatic heterocycles. The minimum atomic E-state index is -0.354. The highest BCUT2D eigenvalue weighted by molar-refractivity contribution is 5.69. The van der Waals surface area contributed by atoms with Gasteiger partial charge in [0.25, 0.3) is 5.95 Å². The van der Waals surface area contributed by atoms with Gasteiger partial charge in [0.1, 0.15) is 13.5 Å². The summed E-state index contributed by atoms with van der Waals surface area (Å²) in [4.78, 5) is 15.5. The van der Waals surface area contributed by atoms with Crippen LogP contribution >= 0.6 is 0 Å². The molecule has 10 nitrogen and oxygen atoms in total. The molecule has 4 N–H and O–H groups in total. The number of methoxy groups -OCH3 is 2. The molecule has 0 aliphatic carbocycles. The molecule has 0 radical (unpaired) electrons. The Hall–Kier alpha value is -2.20. The smallest absolute Gasteiger partial charge is 0.391 e. The Balaban J connectivity index is 3.05. The number of nitrogens with zero attached hydrogens (tertiary/aromatic N) is 4. The second kappa shape index (κ2) is 7.19. The van der Waals surface area contributed by atoms with Gasteiger partial charge in [-0.25, -0.2) is 0 Å². The largest absolute Gasteiger partial charge is 0.454 e. The number of aromatic nitrogens is 3. The minimum absolute atomic E-state index is 0.00407. The molecule has 0 atom stereocenters. The molecule has 0 aromatic carbocycles. The van der Waals surface area contributed by atoms with E-state index in [4.69, 9.17) is 19.7 Å². The summed E-state index contributed by atoms with van der Waals surface area (Å²) in [6.07, 6.45) is -0.0360. The molecule has 18 heavy (non-hydrogen) atoms. The van der Waals surface area contributed by atoms with E-state index in [2.05, 4.69) is 30.6 Å². The Morgan fingerprint density at radius 1 is 1.06 bits per heavy atom. The van der Waals surface area contributed by atoms with Crippen molar-refractivity contribution in [2.75, 3.05) is 38.3 Å². The highest BCUT2D eigenvalue weighted by Gasteiger charge is 2.07. The first-order valence-corrected chi connectivity index (χ1v) is 4.85. The van der Waals surface area contributed by atoms with Crippen molar-refractivity contribution >= 4 is 23.9 Å². The molecule has 0 saturated heterocycles. The van der Waals surface area contributed by atoms with Gasteiger partial charge in [-0.3, -0.25) is 0 Å². The monoisotopic (exact) mass is 258 g/mol. The molecule has 0 bridgehead atoms. The van der Waals surface area contributed by atoms with Crippen LogP contribution in [-0.4, -0.2) is 58.9 Å². The second-order valence-corrected chi connectivity index (χ2v) is 2.74. The highest BCUT2D eigenvalue weighted by atomic mass is 16.7. The van der Waals surface area contributed by atoms with Gasteiger partial charge in [-0.1, -0.05) is 0 Å². The number of ether oxygens (including phenoxy) is 2. The maximum atomic E-state index is 8.74. The Bertz CT molecular complexity index is 382. The lowest BCUT2D eigenvalue weighted by molar-refractivity contribution is 0.243. The lowest BCUT2D eigenvalue weighted by Crippen LogP contribution is -2.10. The van der Waals surface area contributed by atoms with Crippen LogP contribution in [0.5, 0.6) is 0 Å². The summed E-state index contributed by atoms with van der Waals surface area (Å²) >= 11 is 0. The van der Waals surface area contributed by atoms with Gasteiger partial charge in [-0.2, -0.15) is 15.0 Å². The Morgan fingerprint density at radius 2 is 1.56 bits per heavy atom. The third-order valence-electron chi connectivity index (χ3n) is 1.64. The minimum Gasteiger partial charge on any atom is -0.454 e. The first-order chi connectivity index (χ1) is 8.73. The molecule has 1 aromatic rings. The molecule has 0 aliphatic heterocycles. The fourth-order valence-corrected chi connectivity index (χ4v) is 0.971. The Labute approximate surface area is 103 Å². The number of aliphatic imine (C=N–C) groups is 1. The summed E-state index contributed by atoms with van der Waals surface area (Å²) < 4.78 is 9.58. The van der Waals surface area contributed by atoms with Crippen molar-refractivity contribution in [1.82, 2.24) is 15.0 Å². The van der Waals surface area contributed by atoms with Crippen LogP contribution in [0.2, 0.25) is 0 Å². The van der Waals surface area contributed by atoms with E-state index in [9.17, 15) is 0 Å². The first kappa shape index (κ1) is 13.9. The molecule has 0 saturated carbocycles. The maximum Gasteiger partial charge on any atom is 0.391 e. The fraction of sp³-hybridized carbons (Fsp3) is 0.500. The SMILES string of the molecule is COC(=Nc1nc(NCO)nc(NCO)n1)OC. The molecule has 0 spiro atoms. The van der Waals surface area contributed by atoms with E-state index in [0.717, 1.165) is 0 Å². The van der Waals surface area contributed by atoms with Crippen LogP contribution in [-0.2, 0) is 9.47 Å². The van der Waals surface area contributed by atoms with E-state index in [1.807, 2.05) is 0 Å². The zero-order valence-corrected chi connectivity index (χ0v) is 9.91. The number of hydrogen-bond donors (Lipinski definition) is 4. The number of rotatable bonds is 5. The lowest BCUT2D eigenvalue weighted by atomic mass is 10.8. The summed E-state index contributed by atoms with van der Waals surface area (Å²) in [5.41, 5.74) is 0. The predicted octanol–water partition coefficient (Wildman–Crippen LogP) is -1.12. The molecular weight excluding hydrogens is 244 g/mol. The van der Waals surface area contributed by atoms with E-state index < -0.39 is 0 Å². The zero-order chi connectivity index (χ0) is 13.4. The summed E-state index contributed by atoms with van der Waals surface area (Å²) in [6.45, 7) is -0.708. The number of hydrogen-bond acceptors (Lipinski definition) is 10. The van der Waals surface area contributed by atoms with Crippen molar-refractivity contribution in [1.29, 1.82) is 0 Å². The highest BCUT2D eigenvalue weighted by Crippen LogP contribution is 2.12. The van der Waals surface area contributed by atoms with Crippen molar-refractivity contribution in [2.45, 2.75) is 0 Å². The van der Waals surface area contributed by atoms with E-state index in [1.54, 1.807) is 0 Å². The van der Waals surface area contributed by atoms with Gasteiger partial charge in [0, 0.05) is 0 Å². The summed E-state index contributed by atoms with van der Waals surface area (Å²) in [6, 6.07) is 0. The summed E-state index contributed by atoms with van der Waals surface area (Å²) in [5.74, 6) is 0.179. The zero-order valence-electron chi connectivity index (χ0n) is 9.91. The molecule has 100 valence electrons. The van der Waals surface area contributed by atoms with Gasteiger partial charge in [0.2, 0.25) is 11.9 Å². The van der Waals surface area contributed by atoms with E-state index >= 15 is 0 Å². The molecule has 0 unspecified atom stereocenters. The average molecular weight is 258 g/mol. The first-order valence-electron chi connectivity index (χ1n) is 4.85. The number of aliphatic hydroxyl groups is 2. The van der Waals surface area contributed by atoms with Crippen LogP contribution in [0.1, 0.15) is 0 Å². The van der Waals surface area contributed by atoms with Crippen molar-refractivity contribution in [3.63, 3.8) is 0 Å². The third-order valence-corrected chi connectivity index (χ3v) is 1.64. The van der Waals surface area contributed by atoms with Crippen LogP contribution < -0.4 is 10.6 Å². The fourth-order valence-electron chi connectivity index (χ4n) is 0.971. The van der Waals surface area contributed by atoms with Crippen LogP contribution in [0.4, 0.5) is 17.8 Å². The molecule has 1 rings (SSSR count). The van der Waals surface area contributed by atoms with Crippen molar-refractivity contribution in [3.05, 3.63) is 0 Å². The lowest BCUT2D eigenvalue weighted by Gasteiger charge is -2.06. The van der Waals surface area contributed by atoms with Gasteiger partial charge < -0.3 is 30.3 Å². The standard InChI is InChI=1S/C8H14N6O4/c1-17-8(18-2)14-7-12-5(9-3-15)11-6(13-7)10-4-16/h15-16H,3-4H2,1-2H3,(H2,9,10,11,12,13). The van der Waals surface area contributed by atoms with Gasteiger partial charge in [-0.15, -0.1) is 4.99 Å². The third kappa shape index (κ3) is 3.99. The second-order valence-electron chi connectivity index (χ2n) is 2.74. The summed E-state index contributed by atoms with van der Waals surface area (Å²) in [7, 11) is 2.76. The number of anilines is 2. The number of nitrogens with one attached hydrogen (secondary N) is 2. The molecule has 0 aliphatic rings. The van der Waals surface area contributed by atoms with Gasteiger partial charge in [-0.05, 0) is 0 Å². The Morgan fingerprint density at radius 3 is 1.94 bits per heavy atom. The van der Waals surface area contributed by atoms with Crippen molar-refractivity contribution in [3.8, 4) is 0 Å². The molecule has 0 fully saturated rings. The molecule has 10 heteroatoms. The predicted molar refractivity (Wildman–Crippen MR) is 62.4 cm³/mol. The van der Waals surface area contributed by atoms with E-state index in [0.29, 0.717) is 0 Å². The van der Waals surface area contributed by atoms with Crippen LogP contribution in [0.15, 0.2) is 4.99 Å². The van der Waals surface area contributed by atoms with E-state index in [1.165, 1.54) is 14.2 Å². The average Bonchev–Trinajstić information content (AvgIpc) is 2.36. The molecular formula is C8H14N6O4. The van der Waals surface area contributed by atoms with Gasteiger partial charge >= 0.3 is 6.08 Å². The van der Waals surface area contributed by atoms with Crippen LogP contribution in [0, 0.1) is 0 Å². The Kier molecular flexibility index (Phi) is 5.54. The van der Waals surface area contributed by atoms with Crippen molar-refractivity contribution in [2.24, 2.45) is 4.99 Å². The van der Waals surface area contributed by atoms with Crippen LogP contribution in [0.3, 0.4) is 0 Å². The quantitative estimate of drug-likeness (QED) is 0.294.